The normalized spacial score (nSPS) is 11.4. The van der Waals surface area contributed by atoms with E-state index in [1.165, 1.54) is 0 Å². The predicted octanol–water partition coefficient (Wildman–Crippen LogP) is 6.25. The molecule has 0 spiro atoms. The largest absolute Gasteiger partial charge is 0.480 e. The molecule has 0 aromatic heterocycles. The Labute approximate surface area is 188 Å². The number of hydrogen-bond acceptors (Lipinski definition) is 2. The molecular formula is C29H26O3. The van der Waals surface area contributed by atoms with E-state index in [4.69, 9.17) is 4.74 Å². The molecule has 0 bridgehead atoms. The summed E-state index contributed by atoms with van der Waals surface area (Å²) in [6.07, 6.45) is 0.0439. The summed E-state index contributed by atoms with van der Waals surface area (Å²) in [6, 6.07) is 38.9. The molecule has 0 atom stereocenters. The average molecular weight is 423 g/mol. The predicted molar refractivity (Wildman–Crippen MR) is 127 cm³/mol. The lowest BCUT2D eigenvalue weighted by molar-refractivity contribution is -0.143. The molecule has 4 rings (SSSR count). The maximum Gasteiger partial charge on any atom is 0.318 e. The Morgan fingerprint density at radius 3 is 1.41 bits per heavy atom. The van der Waals surface area contributed by atoms with Gasteiger partial charge in [0.25, 0.3) is 0 Å². The standard InChI is InChI=1S/C29H26O3/c30-28(31)29(25-17-9-3-10-18-25,26-19-11-4-12-20-26)21-22-32-27(23-13-5-1-6-14-23)24-15-7-2-8-16-24/h1-20,27H,21-22H2,(H,30,31). The monoisotopic (exact) mass is 422 g/mol. The number of benzene rings is 4. The van der Waals surface area contributed by atoms with Crippen molar-refractivity contribution in [1.82, 2.24) is 0 Å². The van der Waals surface area contributed by atoms with E-state index in [1.807, 2.05) is 121 Å². The van der Waals surface area contributed by atoms with Crippen LogP contribution >= 0.6 is 0 Å². The lowest BCUT2D eigenvalue weighted by atomic mass is 9.72. The van der Waals surface area contributed by atoms with E-state index in [2.05, 4.69) is 0 Å². The first-order chi connectivity index (χ1) is 15.7. The summed E-state index contributed by atoms with van der Waals surface area (Å²) in [6.45, 7) is 0.282. The van der Waals surface area contributed by atoms with Gasteiger partial charge in [0.1, 0.15) is 11.5 Å². The Kier molecular flexibility index (Phi) is 6.78. The summed E-state index contributed by atoms with van der Waals surface area (Å²) in [7, 11) is 0. The molecule has 3 heteroatoms. The second kappa shape index (κ2) is 10.1. The van der Waals surface area contributed by atoms with Gasteiger partial charge >= 0.3 is 5.97 Å². The maximum absolute atomic E-state index is 12.8. The second-order valence-corrected chi connectivity index (χ2v) is 7.76. The van der Waals surface area contributed by atoms with Crippen LogP contribution in [0.5, 0.6) is 0 Å². The van der Waals surface area contributed by atoms with Crippen molar-refractivity contribution in [1.29, 1.82) is 0 Å². The van der Waals surface area contributed by atoms with Crippen LogP contribution in [0.25, 0.3) is 0 Å². The van der Waals surface area contributed by atoms with E-state index in [-0.39, 0.29) is 12.7 Å². The van der Waals surface area contributed by atoms with Gasteiger partial charge in [-0.2, -0.15) is 0 Å². The molecule has 0 aliphatic heterocycles. The van der Waals surface area contributed by atoms with Crippen molar-refractivity contribution in [3.8, 4) is 0 Å². The quantitative estimate of drug-likeness (QED) is 0.347. The minimum absolute atomic E-state index is 0.268. The Morgan fingerprint density at radius 2 is 1.03 bits per heavy atom. The van der Waals surface area contributed by atoms with Crippen molar-refractivity contribution in [2.45, 2.75) is 17.9 Å². The summed E-state index contributed by atoms with van der Waals surface area (Å²) in [4.78, 5) is 12.8. The molecule has 0 aliphatic rings. The molecule has 0 saturated heterocycles. The molecule has 4 aromatic carbocycles. The summed E-state index contributed by atoms with van der Waals surface area (Å²) in [5.74, 6) is -0.880. The van der Waals surface area contributed by atoms with Crippen LogP contribution in [-0.2, 0) is 14.9 Å². The van der Waals surface area contributed by atoms with Gasteiger partial charge < -0.3 is 9.84 Å². The smallest absolute Gasteiger partial charge is 0.318 e. The lowest BCUT2D eigenvalue weighted by Crippen LogP contribution is -2.38. The minimum Gasteiger partial charge on any atom is -0.480 e. The molecule has 0 fully saturated rings. The third-order valence-corrected chi connectivity index (χ3v) is 5.86. The molecule has 0 amide bonds. The van der Waals surface area contributed by atoms with Crippen LogP contribution in [0.15, 0.2) is 121 Å². The van der Waals surface area contributed by atoms with Gasteiger partial charge in [0.2, 0.25) is 0 Å². The summed E-state index contributed by atoms with van der Waals surface area (Å²) in [5, 5.41) is 10.5. The summed E-state index contributed by atoms with van der Waals surface area (Å²) < 4.78 is 6.40. The first-order valence-electron chi connectivity index (χ1n) is 10.8. The molecule has 0 saturated carbocycles. The highest BCUT2D eigenvalue weighted by Gasteiger charge is 2.42. The van der Waals surface area contributed by atoms with Crippen LogP contribution in [0.3, 0.4) is 0 Å². The maximum atomic E-state index is 12.8. The van der Waals surface area contributed by atoms with Crippen LogP contribution in [0.4, 0.5) is 0 Å². The van der Waals surface area contributed by atoms with Crippen LogP contribution in [0.2, 0.25) is 0 Å². The summed E-state index contributed by atoms with van der Waals surface area (Å²) in [5.41, 5.74) is 2.38. The van der Waals surface area contributed by atoms with E-state index in [0.29, 0.717) is 6.42 Å². The fourth-order valence-corrected chi connectivity index (χ4v) is 4.22. The Bertz CT molecular complexity index is 1030. The molecule has 0 unspecified atom stereocenters. The lowest BCUT2D eigenvalue weighted by Gasteiger charge is -2.31. The van der Waals surface area contributed by atoms with Crippen LogP contribution in [0.1, 0.15) is 34.8 Å². The van der Waals surface area contributed by atoms with E-state index in [1.54, 1.807) is 0 Å². The molecule has 32 heavy (non-hydrogen) atoms. The van der Waals surface area contributed by atoms with Crippen molar-refractivity contribution in [3.63, 3.8) is 0 Å². The van der Waals surface area contributed by atoms with Crippen LogP contribution in [0, 0.1) is 0 Å². The van der Waals surface area contributed by atoms with Crippen molar-refractivity contribution in [3.05, 3.63) is 144 Å². The number of aliphatic carboxylic acids is 1. The molecule has 3 nitrogen and oxygen atoms in total. The zero-order valence-electron chi connectivity index (χ0n) is 17.8. The highest BCUT2D eigenvalue weighted by molar-refractivity contribution is 5.86. The van der Waals surface area contributed by atoms with Gasteiger partial charge in [-0.15, -0.1) is 0 Å². The third kappa shape index (κ3) is 4.48. The number of rotatable bonds is 9. The van der Waals surface area contributed by atoms with Gasteiger partial charge in [0.15, 0.2) is 0 Å². The summed E-state index contributed by atoms with van der Waals surface area (Å²) >= 11 is 0. The fourth-order valence-electron chi connectivity index (χ4n) is 4.22. The number of ether oxygens (including phenoxy) is 1. The third-order valence-electron chi connectivity index (χ3n) is 5.86. The molecule has 0 radical (unpaired) electrons. The highest BCUT2D eigenvalue weighted by atomic mass is 16.5. The average Bonchev–Trinajstić information content (AvgIpc) is 2.86. The second-order valence-electron chi connectivity index (χ2n) is 7.76. The van der Waals surface area contributed by atoms with Gasteiger partial charge in [-0.1, -0.05) is 121 Å². The van der Waals surface area contributed by atoms with Gasteiger partial charge in [-0.3, -0.25) is 4.79 Å². The van der Waals surface area contributed by atoms with Crippen molar-refractivity contribution < 1.29 is 14.6 Å². The zero-order chi connectivity index (χ0) is 22.2. The van der Waals surface area contributed by atoms with Gasteiger partial charge in [0.05, 0.1) is 0 Å². The van der Waals surface area contributed by atoms with Crippen LogP contribution in [-0.4, -0.2) is 17.7 Å². The zero-order valence-corrected chi connectivity index (χ0v) is 17.8. The van der Waals surface area contributed by atoms with E-state index < -0.39 is 11.4 Å². The van der Waals surface area contributed by atoms with E-state index >= 15 is 0 Å². The Morgan fingerprint density at radius 1 is 0.656 bits per heavy atom. The fraction of sp³-hybridized carbons (Fsp3) is 0.138. The number of carboxylic acid groups (broad SMARTS) is 1. The SMILES string of the molecule is O=C(O)C(CCOC(c1ccccc1)c1ccccc1)(c1ccccc1)c1ccccc1. The van der Waals surface area contributed by atoms with Crippen molar-refractivity contribution in [2.24, 2.45) is 0 Å². The molecule has 1 N–H and O–H groups in total. The van der Waals surface area contributed by atoms with E-state index in [0.717, 1.165) is 22.3 Å². The van der Waals surface area contributed by atoms with Crippen molar-refractivity contribution >= 4 is 5.97 Å². The first kappa shape index (κ1) is 21.5. The Balaban J connectivity index is 1.67. The Hall–Kier alpha value is -3.69. The number of carbonyl (C=O) groups is 1. The first-order valence-corrected chi connectivity index (χ1v) is 10.8. The molecule has 160 valence electrons. The molecular weight excluding hydrogens is 396 g/mol. The number of hydrogen-bond donors (Lipinski definition) is 1. The molecule has 0 heterocycles. The highest BCUT2D eigenvalue weighted by Crippen LogP contribution is 2.37. The van der Waals surface area contributed by atoms with Crippen LogP contribution < -0.4 is 0 Å². The van der Waals surface area contributed by atoms with Gasteiger partial charge in [-0.05, 0) is 28.7 Å². The topological polar surface area (TPSA) is 46.5 Å². The van der Waals surface area contributed by atoms with E-state index in [9.17, 15) is 9.90 Å². The molecule has 0 aliphatic carbocycles. The van der Waals surface area contributed by atoms with Gasteiger partial charge in [-0.25, -0.2) is 0 Å². The van der Waals surface area contributed by atoms with Crippen molar-refractivity contribution in [2.75, 3.05) is 6.61 Å². The molecule has 4 aromatic rings. The number of carboxylic acids is 1. The minimum atomic E-state index is -1.19. The van der Waals surface area contributed by atoms with Gasteiger partial charge in [0, 0.05) is 6.61 Å².